The first-order valence-electron chi connectivity index (χ1n) is 6.58. The van der Waals surface area contributed by atoms with Gasteiger partial charge < -0.3 is 5.32 Å². The molecular weight excluding hydrogens is 170 g/mol. The Kier molecular flexibility index (Phi) is 7.12. The highest BCUT2D eigenvalue weighted by Crippen LogP contribution is 2.22. The summed E-state index contributed by atoms with van der Waals surface area (Å²) in [5.41, 5.74) is 0. The van der Waals surface area contributed by atoms with Gasteiger partial charge in [-0.05, 0) is 32.4 Å². The lowest BCUT2D eigenvalue weighted by Gasteiger charge is -2.20. The lowest BCUT2D eigenvalue weighted by atomic mass is 9.89. The SMILES string of the molecule is C1CCCC1.CNCC1CCCCC1. The normalized spacial score (nSPS) is 22.9. The maximum Gasteiger partial charge on any atom is -0.00235 e. The van der Waals surface area contributed by atoms with Crippen LogP contribution in [0.3, 0.4) is 0 Å². The van der Waals surface area contributed by atoms with Crippen molar-refractivity contribution in [3.8, 4) is 0 Å². The number of hydrogen-bond donors (Lipinski definition) is 1. The summed E-state index contributed by atoms with van der Waals surface area (Å²) in [5, 5.41) is 3.24. The van der Waals surface area contributed by atoms with Crippen LogP contribution in [0.25, 0.3) is 0 Å². The summed E-state index contributed by atoms with van der Waals surface area (Å²) >= 11 is 0. The van der Waals surface area contributed by atoms with E-state index in [-0.39, 0.29) is 0 Å². The molecule has 1 nitrogen and oxygen atoms in total. The van der Waals surface area contributed by atoms with Gasteiger partial charge in [-0.15, -0.1) is 0 Å². The Morgan fingerprint density at radius 3 is 1.64 bits per heavy atom. The van der Waals surface area contributed by atoms with Crippen LogP contribution in [0.4, 0.5) is 0 Å². The monoisotopic (exact) mass is 197 g/mol. The van der Waals surface area contributed by atoms with Gasteiger partial charge in [0.2, 0.25) is 0 Å². The number of rotatable bonds is 2. The second-order valence-corrected chi connectivity index (χ2v) is 4.83. The minimum Gasteiger partial charge on any atom is -0.319 e. The average molecular weight is 197 g/mol. The first-order valence-corrected chi connectivity index (χ1v) is 6.58. The first kappa shape index (κ1) is 12.0. The molecule has 84 valence electrons. The van der Waals surface area contributed by atoms with E-state index in [0.717, 1.165) is 5.92 Å². The molecule has 2 aliphatic carbocycles. The second kappa shape index (κ2) is 8.28. The van der Waals surface area contributed by atoms with E-state index in [1.165, 1.54) is 70.8 Å². The second-order valence-electron chi connectivity index (χ2n) is 4.83. The first-order chi connectivity index (χ1) is 6.93. The van der Waals surface area contributed by atoms with E-state index < -0.39 is 0 Å². The van der Waals surface area contributed by atoms with Crippen LogP contribution in [0.15, 0.2) is 0 Å². The molecule has 0 unspecified atom stereocenters. The zero-order chi connectivity index (χ0) is 10.1. The Balaban J connectivity index is 0.000000165. The van der Waals surface area contributed by atoms with E-state index in [2.05, 4.69) is 12.4 Å². The average Bonchev–Trinajstić information content (AvgIpc) is 2.78. The zero-order valence-electron chi connectivity index (χ0n) is 9.86. The van der Waals surface area contributed by atoms with Gasteiger partial charge in [0.15, 0.2) is 0 Å². The molecule has 0 aliphatic heterocycles. The van der Waals surface area contributed by atoms with E-state index >= 15 is 0 Å². The molecule has 0 amide bonds. The van der Waals surface area contributed by atoms with Crippen LogP contribution in [-0.2, 0) is 0 Å². The van der Waals surface area contributed by atoms with E-state index in [4.69, 9.17) is 0 Å². The molecule has 14 heavy (non-hydrogen) atoms. The Morgan fingerprint density at radius 2 is 1.21 bits per heavy atom. The molecule has 0 spiro atoms. The van der Waals surface area contributed by atoms with Crippen LogP contribution in [0.2, 0.25) is 0 Å². The van der Waals surface area contributed by atoms with Crippen molar-refractivity contribution in [2.75, 3.05) is 13.6 Å². The van der Waals surface area contributed by atoms with Crippen molar-refractivity contribution < 1.29 is 0 Å². The smallest absolute Gasteiger partial charge is 0.00235 e. The molecule has 0 aromatic heterocycles. The molecule has 0 bridgehead atoms. The fourth-order valence-electron chi connectivity index (χ4n) is 2.56. The Bertz CT molecular complexity index is 102. The van der Waals surface area contributed by atoms with Gasteiger partial charge in [0.05, 0.1) is 0 Å². The molecule has 2 saturated carbocycles. The summed E-state index contributed by atoms with van der Waals surface area (Å²) in [6.45, 7) is 1.24. The maximum atomic E-state index is 3.24. The van der Waals surface area contributed by atoms with Gasteiger partial charge in [-0.2, -0.15) is 0 Å². The van der Waals surface area contributed by atoms with Gasteiger partial charge in [-0.1, -0.05) is 51.4 Å². The number of nitrogens with one attached hydrogen (secondary N) is 1. The molecular formula is C13H27N. The van der Waals surface area contributed by atoms with Crippen molar-refractivity contribution in [1.82, 2.24) is 5.32 Å². The Hall–Kier alpha value is -0.0400. The lowest BCUT2D eigenvalue weighted by Crippen LogP contribution is -2.20. The van der Waals surface area contributed by atoms with Gasteiger partial charge in [-0.3, -0.25) is 0 Å². The van der Waals surface area contributed by atoms with E-state index in [1.54, 1.807) is 0 Å². The predicted molar refractivity (Wildman–Crippen MR) is 63.6 cm³/mol. The summed E-state index contributed by atoms with van der Waals surface area (Å²) in [7, 11) is 2.05. The number of hydrogen-bond acceptors (Lipinski definition) is 1. The summed E-state index contributed by atoms with van der Waals surface area (Å²) in [5.74, 6) is 0.990. The molecule has 0 aromatic carbocycles. The van der Waals surface area contributed by atoms with Crippen molar-refractivity contribution in [1.29, 1.82) is 0 Å². The van der Waals surface area contributed by atoms with Crippen LogP contribution in [0.1, 0.15) is 64.2 Å². The molecule has 2 fully saturated rings. The molecule has 0 radical (unpaired) electrons. The third kappa shape index (κ3) is 5.64. The van der Waals surface area contributed by atoms with Crippen LogP contribution >= 0.6 is 0 Å². The zero-order valence-corrected chi connectivity index (χ0v) is 9.86. The van der Waals surface area contributed by atoms with Crippen LogP contribution in [0, 0.1) is 5.92 Å². The van der Waals surface area contributed by atoms with Crippen LogP contribution < -0.4 is 5.32 Å². The Morgan fingerprint density at radius 1 is 0.786 bits per heavy atom. The quantitative estimate of drug-likeness (QED) is 0.711. The summed E-state index contributed by atoms with van der Waals surface area (Å²) < 4.78 is 0. The fraction of sp³-hybridized carbons (Fsp3) is 1.00. The summed E-state index contributed by atoms with van der Waals surface area (Å²) in [4.78, 5) is 0. The molecule has 0 atom stereocenters. The highest BCUT2D eigenvalue weighted by molar-refractivity contribution is 4.66. The minimum atomic E-state index is 0.990. The molecule has 0 heterocycles. The van der Waals surface area contributed by atoms with Crippen molar-refractivity contribution >= 4 is 0 Å². The third-order valence-electron chi connectivity index (χ3n) is 3.47. The van der Waals surface area contributed by atoms with Crippen molar-refractivity contribution in [2.24, 2.45) is 5.92 Å². The summed E-state index contributed by atoms with van der Waals surface area (Å²) in [6.07, 6.45) is 14.8. The van der Waals surface area contributed by atoms with Gasteiger partial charge in [0.25, 0.3) is 0 Å². The van der Waals surface area contributed by atoms with E-state index in [0.29, 0.717) is 0 Å². The van der Waals surface area contributed by atoms with Gasteiger partial charge in [0.1, 0.15) is 0 Å². The third-order valence-corrected chi connectivity index (χ3v) is 3.47. The Labute approximate surface area is 89.7 Å². The van der Waals surface area contributed by atoms with E-state index in [1.807, 2.05) is 0 Å². The highest BCUT2D eigenvalue weighted by Gasteiger charge is 2.11. The van der Waals surface area contributed by atoms with Gasteiger partial charge in [-0.25, -0.2) is 0 Å². The van der Waals surface area contributed by atoms with Crippen LogP contribution in [-0.4, -0.2) is 13.6 Å². The van der Waals surface area contributed by atoms with Crippen molar-refractivity contribution in [2.45, 2.75) is 64.2 Å². The van der Waals surface area contributed by atoms with Crippen molar-refractivity contribution in [3.05, 3.63) is 0 Å². The molecule has 1 N–H and O–H groups in total. The molecule has 1 heteroatoms. The maximum absolute atomic E-state index is 3.24. The fourth-order valence-corrected chi connectivity index (χ4v) is 2.56. The molecule has 2 aliphatic rings. The van der Waals surface area contributed by atoms with E-state index in [9.17, 15) is 0 Å². The van der Waals surface area contributed by atoms with Gasteiger partial charge >= 0.3 is 0 Å². The standard InChI is InChI=1S/C8H17N.C5H10/c1-9-7-8-5-3-2-4-6-8;1-2-4-5-3-1/h8-9H,2-7H2,1H3;1-5H2. The topological polar surface area (TPSA) is 12.0 Å². The molecule has 2 rings (SSSR count). The molecule has 0 saturated heterocycles. The highest BCUT2D eigenvalue weighted by atomic mass is 14.8. The van der Waals surface area contributed by atoms with Gasteiger partial charge in [0, 0.05) is 0 Å². The van der Waals surface area contributed by atoms with Crippen LogP contribution in [0.5, 0.6) is 0 Å². The predicted octanol–water partition coefficient (Wildman–Crippen LogP) is 3.74. The molecule has 0 aromatic rings. The van der Waals surface area contributed by atoms with Crippen molar-refractivity contribution in [3.63, 3.8) is 0 Å². The summed E-state index contributed by atoms with van der Waals surface area (Å²) in [6, 6.07) is 0. The minimum absolute atomic E-state index is 0.990. The lowest BCUT2D eigenvalue weighted by molar-refractivity contribution is 0.350. The largest absolute Gasteiger partial charge is 0.319 e.